The maximum absolute atomic E-state index is 12.2. The second kappa shape index (κ2) is 8.01. The quantitative estimate of drug-likeness (QED) is 0.667. The SMILES string of the molecule is O=C(Nc1ccncc1)c1ccc(COc2ccc(Cl)cc2Cl)cc1. The molecule has 4 nitrogen and oxygen atoms in total. The van der Waals surface area contributed by atoms with E-state index in [9.17, 15) is 4.79 Å². The lowest BCUT2D eigenvalue weighted by molar-refractivity contribution is 0.102. The molecule has 0 radical (unpaired) electrons. The van der Waals surface area contributed by atoms with Crippen molar-refractivity contribution in [3.63, 3.8) is 0 Å². The smallest absolute Gasteiger partial charge is 0.255 e. The topological polar surface area (TPSA) is 51.2 Å². The number of halogens is 2. The van der Waals surface area contributed by atoms with Crippen molar-refractivity contribution in [1.82, 2.24) is 4.98 Å². The van der Waals surface area contributed by atoms with Crippen molar-refractivity contribution in [2.75, 3.05) is 5.32 Å². The third-order valence-electron chi connectivity index (χ3n) is 3.44. The minimum atomic E-state index is -0.181. The average molecular weight is 373 g/mol. The second-order valence-corrected chi connectivity index (χ2v) is 6.09. The first-order chi connectivity index (χ1) is 12.1. The number of benzene rings is 2. The monoisotopic (exact) mass is 372 g/mol. The molecule has 1 amide bonds. The van der Waals surface area contributed by atoms with Gasteiger partial charge in [0.15, 0.2) is 0 Å². The Labute approximate surface area is 155 Å². The molecule has 0 saturated carbocycles. The van der Waals surface area contributed by atoms with Gasteiger partial charge in [-0.1, -0.05) is 35.3 Å². The van der Waals surface area contributed by atoms with Crippen LogP contribution in [0.1, 0.15) is 15.9 Å². The van der Waals surface area contributed by atoms with Crippen LogP contribution in [0.5, 0.6) is 5.75 Å². The van der Waals surface area contributed by atoms with E-state index >= 15 is 0 Å². The highest BCUT2D eigenvalue weighted by Gasteiger charge is 2.07. The Morgan fingerprint density at radius 3 is 2.40 bits per heavy atom. The molecule has 1 heterocycles. The second-order valence-electron chi connectivity index (χ2n) is 5.25. The predicted molar refractivity (Wildman–Crippen MR) is 99.4 cm³/mol. The fourth-order valence-corrected chi connectivity index (χ4v) is 2.61. The number of nitrogens with one attached hydrogen (secondary N) is 1. The van der Waals surface area contributed by atoms with Crippen LogP contribution in [-0.4, -0.2) is 10.9 Å². The number of hydrogen-bond donors (Lipinski definition) is 1. The van der Waals surface area contributed by atoms with Gasteiger partial charge in [0.1, 0.15) is 12.4 Å². The molecule has 0 aliphatic rings. The molecule has 25 heavy (non-hydrogen) atoms. The molecule has 0 saturated heterocycles. The number of hydrogen-bond acceptors (Lipinski definition) is 3. The first-order valence-electron chi connectivity index (χ1n) is 7.50. The van der Waals surface area contributed by atoms with Crippen LogP contribution >= 0.6 is 23.2 Å². The maximum atomic E-state index is 12.2. The van der Waals surface area contributed by atoms with Crippen LogP contribution in [-0.2, 0) is 6.61 Å². The first kappa shape index (κ1) is 17.3. The Kier molecular flexibility index (Phi) is 5.53. The summed E-state index contributed by atoms with van der Waals surface area (Å²) in [4.78, 5) is 16.1. The number of aromatic nitrogens is 1. The summed E-state index contributed by atoms with van der Waals surface area (Å²) < 4.78 is 5.68. The molecule has 1 N–H and O–H groups in total. The summed E-state index contributed by atoms with van der Waals surface area (Å²) in [7, 11) is 0. The van der Waals surface area contributed by atoms with Gasteiger partial charge in [-0.2, -0.15) is 0 Å². The molecule has 3 rings (SSSR count). The van der Waals surface area contributed by atoms with Gasteiger partial charge in [0, 0.05) is 28.7 Å². The van der Waals surface area contributed by atoms with Gasteiger partial charge in [-0.3, -0.25) is 9.78 Å². The van der Waals surface area contributed by atoms with Crippen molar-refractivity contribution in [2.24, 2.45) is 0 Å². The molecule has 0 unspecified atom stereocenters. The van der Waals surface area contributed by atoms with Crippen molar-refractivity contribution < 1.29 is 9.53 Å². The number of pyridine rings is 1. The number of nitrogens with zero attached hydrogens (tertiary/aromatic N) is 1. The van der Waals surface area contributed by atoms with E-state index in [0.29, 0.717) is 33.7 Å². The Hall–Kier alpha value is -2.56. The van der Waals surface area contributed by atoms with Crippen molar-refractivity contribution in [1.29, 1.82) is 0 Å². The zero-order chi connectivity index (χ0) is 17.6. The number of carbonyl (C=O) groups is 1. The van der Waals surface area contributed by atoms with E-state index in [2.05, 4.69) is 10.3 Å². The van der Waals surface area contributed by atoms with Crippen molar-refractivity contribution >= 4 is 34.8 Å². The Morgan fingerprint density at radius 1 is 1.00 bits per heavy atom. The highest BCUT2D eigenvalue weighted by molar-refractivity contribution is 6.35. The molecule has 2 aromatic carbocycles. The van der Waals surface area contributed by atoms with Gasteiger partial charge in [0.25, 0.3) is 5.91 Å². The molecule has 0 atom stereocenters. The van der Waals surface area contributed by atoms with Crippen LogP contribution < -0.4 is 10.1 Å². The molecular formula is C19H14Cl2N2O2. The summed E-state index contributed by atoms with van der Waals surface area (Å²) in [6.45, 7) is 0.341. The number of carbonyl (C=O) groups excluding carboxylic acids is 1. The van der Waals surface area contributed by atoms with Gasteiger partial charge in [-0.15, -0.1) is 0 Å². The van der Waals surface area contributed by atoms with E-state index in [1.165, 1.54) is 0 Å². The standard InChI is InChI=1S/C19H14Cl2N2O2/c20-15-5-6-18(17(21)11-15)25-12-13-1-3-14(4-2-13)19(24)23-16-7-9-22-10-8-16/h1-11H,12H2,(H,22,23,24). The summed E-state index contributed by atoms with van der Waals surface area (Å²) in [6, 6.07) is 15.7. The molecule has 0 spiro atoms. The largest absolute Gasteiger partial charge is 0.487 e. The molecule has 6 heteroatoms. The summed E-state index contributed by atoms with van der Waals surface area (Å²) >= 11 is 11.9. The molecule has 3 aromatic rings. The van der Waals surface area contributed by atoms with Gasteiger partial charge in [-0.05, 0) is 48.0 Å². The number of anilines is 1. The van der Waals surface area contributed by atoms with E-state index in [0.717, 1.165) is 5.56 Å². The van der Waals surface area contributed by atoms with Crippen LogP contribution in [0, 0.1) is 0 Å². The number of rotatable bonds is 5. The molecule has 0 aliphatic heterocycles. The summed E-state index contributed by atoms with van der Waals surface area (Å²) in [5.41, 5.74) is 2.18. The molecule has 0 aliphatic carbocycles. The van der Waals surface area contributed by atoms with E-state index in [4.69, 9.17) is 27.9 Å². The van der Waals surface area contributed by atoms with Crippen LogP contribution in [0.2, 0.25) is 10.0 Å². The number of amides is 1. The molecule has 1 aromatic heterocycles. The summed E-state index contributed by atoms with van der Waals surface area (Å²) in [5, 5.41) is 3.82. The van der Waals surface area contributed by atoms with E-state index in [1.54, 1.807) is 54.9 Å². The van der Waals surface area contributed by atoms with Crippen LogP contribution in [0.15, 0.2) is 67.0 Å². The Morgan fingerprint density at radius 2 is 1.72 bits per heavy atom. The zero-order valence-electron chi connectivity index (χ0n) is 13.1. The first-order valence-corrected chi connectivity index (χ1v) is 8.25. The van der Waals surface area contributed by atoms with E-state index in [1.807, 2.05) is 12.1 Å². The maximum Gasteiger partial charge on any atom is 0.255 e. The predicted octanol–water partition coefficient (Wildman–Crippen LogP) is 5.22. The van der Waals surface area contributed by atoms with Gasteiger partial charge < -0.3 is 10.1 Å². The molecule has 126 valence electrons. The highest BCUT2D eigenvalue weighted by Crippen LogP contribution is 2.28. The van der Waals surface area contributed by atoms with Gasteiger partial charge in [0.05, 0.1) is 5.02 Å². The Balaban J connectivity index is 1.61. The minimum Gasteiger partial charge on any atom is -0.487 e. The van der Waals surface area contributed by atoms with Crippen molar-refractivity contribution in [3.05, 3.63) is 88.2 Å². The summed E-state index contributed by atoms with van der Waals surface area (Å²) in [5.74, 6) is 0.380. The number of ether oxygens (including phenoxy) is 1. The van der Waals surface area contributed by atoms with Crippen LogP contribution in [0.4, 0.5) is 5.69 Å². The third-order valence-corrected chi connectivity index (χ3v) is 3.97. The lowest BCUT2D eigenvalue weighted by Gasteiger charge is -2.09. The van der Waals surface area contributed by atoms with Gasteiger partial charge in [0.2, 0.25) is 0 Å². The van der Waals surface area contributed by atoms with Crippen LogP contribution in [0.3, 0.4) is 0 Å². The molecular weight excluding hydrogens is 359 g/mol. The molecule has 0 fully saturated rings. The zero-order valence-corrected chi connectivity index (χ0v) is 14.6. The van der Waals surface area contributed by atoms with Crippen molar-refractivity contribution in [2.45, 2.75) is 6.61 Å². The fourth-order valence-electron chi connectivity index (χ4n) is 2.14. The lowest BCUT2D eigenvalue weighted by Crippen LogP contribution is -2.11. The third kappa shape index (κ3) is 4.72. The van der Waals surface area contributed by atoms with E-state index < -0.39 is 0 Å². The fraction of sp³-hybridized carbons (Fsp3) is 0.0526. The molecule has 0 bridgehead atoms. The highest BCUT2D eigenvalue weighted by atomic mass is 35.5. The van der Waals surface area contributed by atoms with Gasteiger partial charge in [-0.25, -0.2) is 0 Å². The van der Waals surface area contributed by atoms with E-state index in [-0.39, 0.29) is 5.91 Å². The lowest BCUT2D eigenvalue weighted by atomic mass is 10.1. The normalized spacial score (nSPS) is 10.3. The average Bonchev–Trinajstić information content (AvgIpc) is 2.62. The van der Waals surface area contributed by atoms with Crippen LogP contribution in [0.25, 0.3) is 0 Å². The minimum absolute atomic E-state index is 0.181. The van der Waals surface area contributed by atoms with Gasteiger partial charge >= 0.3 is 0 Å². The van der Waals surface area contributed by atoms with Crippen molar-refractivity contribution in [3.8, 4) is 5.75 Å². The summed E-state index contributed by atoms with van der Waals surface area (Å²) in [6.07, 6.45) is 3.25. The Bertz CT molecular complexity index is 868.